The van der Waals surface area contributed by atoms with Gasteiger partial charge in [-0.1, -0.05) is 30.3 Å². The Labute approximate surface area is 158 Å². The van der Waals surface area contributed by atoms with Crippen LogP contribution in [0.4, 0.5) is 11.4 Å². The average molecular weight is 368 g/mol. The van der Waals surface area contributed by atoms with Crippen molar-refractivity contribution in [2.45, 2.75) is 25.4 Å². The lowest BCUT2D eigenvalue weighted by Crippen LogP contribution is -2.43. The molecule has 142 valence electrons. The number of nitrogens with one attached hydrogen (secondary N) is 2. The van der Waals surface area contributed by atoms with E-state index in [1.807, 2.05) is 37.4 Å². The van der Waals surface area contributed by atoms with Crippen LogP contribution in [-0.2, 0) is 6.54 Å². The highest BCUT2D eigenvalue weighted by molar-refractivity contribution is 5.95. The van der Waals surface area contributed by atoms with E-state index in [0.717, 1.165) is 18.4 Å². The summed E-state index contributed by atoms with van der Waals surface area (Å²) >= 11 is 0. The van der Waals surface area contributed by atoms with E-state index in [2.05, 4.69) is 10.6 Å². The van der Waals surface area contributed by atoms with Gasteiger partial charge in [-0.3, -0.25) is 14.9 Å². The molecule has 7 heteroatoms. The van der Waals surface area contributed by atoms with Gasteiger partial charge in [-0.25, -0.2) is 0 Å². The summed E-state index contributed by atoms with van der Waals surface area (Å²) in [5.74, 6) is -0.151. The minimum absolute atomic E-state index is 0.0816. The zero-order valence-corrected chi connectivity index (χ0v) is 15.4. The van der Waals surface area contributed by atoms with Gasteiger partial charge >= 0.3 is 0 Å². The second-order valence-electron chi connectivity index (χ2n) is 6.68. The van der Waals surface area contributed by atoms with Gasteiger partial charge in [-0.15, -0.1) is 0 Å². The lowest BCUT2D eigenvalue weighted by molar-refractivity contribution is -0.384. The largest absolute Gasteiger partial charge is 0.375 e. The number of amides is 1. The fraction of sp³-hybridized carbons (Fsp3) is 0.350. The number of carbonyl (C=O) groups is 1. The van der Waals surface area contributed by atoms with Crippen molar-refractivity contribution >= 4 is 17.3 Å². The molecule has 1 saturated heterocycles. The van der Waals surface area contributed by atoms with E-state index in [4.69, 9.17) is 0 Å². The summed E-state index contributed by atoms with van der Waals surface area (Å²) in [6.07, 6.45) is 1.78. The first-order chi connectivity index (χ1) is 13.1. The zero-order chi connectivity index (χ0) is 19.2. The maximum atomic E-state index is 12.7. The number of piperidine rings is 1. The van der Waals surface area contributed by atoms with Crippen LogP contribution < -0.4 is 10.6 Å². The molecule has 1 aliphatic rings. The Balaban J connectivity index is 1.73. The van der Waals surface area contributed by atoms with Gasteiger partial charge in [0.05, 0.1) is 4.92 Å². The summed E-state index contributed by atoms with van der Waals surface area (Å²) in [5, 5.41) is 17.8. The lowest BCUT2D eigenvalue weighted by atomic mass is 10.0. The van der Waals surface area contributed by atoms with Crippen molar-refractivity contribution in [1.29, 1.82) is 0 Å². The number of likely N-dealkylation sites (tertiary alicyclic amines) is 1. The predicted octanol–water partition coefficient (Wildman–Crippen LogP) is 3.03. The molecule has 0 saturated carbocycles. The maximum Gasteiger partial charge on any atom is 0.293 e. The number of hydrogen-bond acceptors (Lipinski definition) is 5. The Morgan fingerprint density at radius 3 is 2.52 bits per heavy atom. The van der Waals surface area contributed by atoms with Gasteiger partial charge in [-0.2, -0.15) is 0 Å². The molecule has 2 N–H and O–H groups in total. The predicted molar refractivity (Wildman–Crippen MR) is 105 cm³/mol. The van der Waals surface area contributed by atoms with Crippen LogP contribution in [0.3, 0.4) is 0 Å². The van der Waals surface area contributed by atoms with Gasteiger partial charge in [0.15, 0.2) is 0 Å². The molecule has 0 aliphatic carbocycles. The Bertz CT molecular complexity index is 802. The average Bonchev–Trinajstić information content (AvgIpc) is 2.72. The summed E-state index contributed by atoms with van der Waals surface area (Å²) < 4.78 is 0. The van der Waals surface area contributed by atoms with Crippen LogP contribution in [0.2, 0.25) is 0 Å². The van der Waals surface area contributed by atoms with E-state index < -0.39 is 4.92 Å². The number of nitro groups is 1. The number of hydrogen-bond donors (Lipinski definition) is 2. The number of benzene rings is 2. The minimum Gasteiger partial charge on any atom is -0.375 e. The first kappa shape index (κ1) is 18.8. The fourth-order valence-electron chi connectivity index (χ4n) is 3.31. The van der Waals surface area contributed by atoms with Crippen molar-refractivity contribution < 1.29 is 9.72 Å². The van der Waals surface area contributed by atoms with Crippen molar-refractivity contribution in [2.24, 2.45) is 0 Å². The van der Waals surface area contributed by atoms with Crippen molar-refractivity contribution in [1.82, 2.24) is 10.2 Å². The molecule has 27 heavy (non-hydrogen) atoms. The third kappa shape index (κ3) is 4.62. The van der Waals surface area contributed by atoms with E-state index in [1.165, 1.54) is 6.07 Å². The smallest absolute Gasteiger partial charge is 0.293 e. The SMILES string of the molecule is CNC1CCN(C(=O)c2ccc(NCc3ccccc3)c([N+](=O)[O-])c2)CC1. The van der Waals surface area contributed by atoms with Crippen molar-refractivity contribution in [3.8, 4) is 0 Å². The minimum atomic E-state index is -0.447. The van der Waals surface area contributed by atoms with E-state index in [0.29, 0.717) is 36.9 Å². The Morgan fingerprint density at radius 2 is 1.89 bits per heavy atom. The molecule has 1 aliphatic heterocycles. The Kier molecular flexibility index (Phi) is 6.03. The Morgan fingerprint density at radius 1 is 1.19 bits per heavy atom. The van der Waals surface area contributed by atoms with Crippen LogP contribution in [0.25, 0.3) is 0 Å². The Hall–Kier alpha value is -2.93. The molecule has 0 atom stereocenters. The molecule has 1 fully saturated rings. The number of nitrogens with zero attached hydrogens (tertiary/aromatic N) is 2. The molecule has 2 aromatic rings. The molecule has 0 spiro atoms. The van der Waals surface area contributed by atoms with Gasteiger partial charge in [0.25, 0.3) is 11.6 Å². The van der Waals surface area contributed by atoms with Gasteiger partial charge < -0.3 is 15.5 Å². The molecule has 0 aromatic heterocycles. The second-order valence-corrected chi connectivity index (χ2v) is 6.68. The summed E-state index contributed by atoms with van der Waals surface area (Å²) in [5.41, 5.74) is 1.71. The zero-order valence-electron chi connectivity index (χ0n) is 15.4. The highest BCUT2D eigenvalue weighted by Crippen LogP contribution is 2.27. The molecular weight excluding hydrogens is 344 g/mol. The number of anilines is 1. The molecule has 0 unspecified atom stereocenters. The number of carbonyl (C=O) groups excluding carboxylic acids is 1. The van der Waals surface area contributed by atoms with Crippen LogP contribution >= 0.6 is 0 Å². The van der Waals surface area contributed by atoms with E-state index in [-0.39, 0.29) is 11.6 Å². The van der Waals surface area contributed by atoms with Crippen molar-refractivity contribution in [3.63, 3.8) is 0 Å². The summed E-state index contributed by atoms with van der Waals surface area (Å²) in [6, 6.07) is 14.7. The molecule has 2 aromatic carbocycles. The maximum absolute atomic E-state index is 12.7. The topological polar surface area (TPSA) is 87.5 Å². The third-order valence-electron chi connectivity index (χ3n) is 4.96. The van der Waals surface area contributed by atoms with Gasteiger partial charge in [-0.05, 0) is 37.6 Å². The highest BCUT2D eigenvalue weighted by Gasteiger charge is 2.25. The first-order valence-electron chi connectivity index (χ1n) is 9.11. The third-order valence-corrected chi connectivity index (χ3v) is 4.96. The van der Waals surface area contributed by atoms with Crippen molar-refractivity contribution in [2.75, 3.05) is 25.5 Å². The summed E-state index contributed by atoms with van der Waals surface area (Å²) in [4.78, 5) is 25.5. The summed E-state index contributed by atoms with van der Waals surface area (Å²) in [7, 11) is 1.92. The van der Waals surface area contributed by atoms with E-state index >= 15 is 0 Å². The van der Waals surface area contributed by atoms with E-state index in [9.17, 15) is 14.9 Å². The second kappa shape index (κ2) is 8.64. The first-order valence-corrected chi connectivity index (χ1v) is 9.11. The van der Waals surface area contributed by atoms with Gasteiger partial charge in [0, 0.05) is 37.3 Å². The van der Waals surface area contributed by atoms with Gasteiger partial charge in [0.2, 0.25) is 0 Å². The molecule has 3 rings (SSSR count). The fourth-order valence-corrected chi connectivity index (χ4v) is 3.31. The van der Waals surface area contributed by atoms with Crippen LogP contribution in [0.15, 0.2) is 48.5 Å². The van der Waals surface area contributed by atoms with Crippen LogP contribution in [-0.4, -0.2) is 41.9 Å². The van der Waals surface area contributed by atoms with Crippen molar-refractivity contribution in [3.05, 3.63) is 69.8 Å². The van der Waals surface area contributed by atoms with E-state index in [1.54, 1.807) is 17.0 Å². The number of nitro benzene ring substituents is 1. The van der Waals surface area contributed by atoms with Crippen LogP contribution in [0, 0.1) is 10.1 Å². The molecule has 7 nitrogen and oxygen atoms in total. The molecule has 1 amide bonds. The van der Waals surface area contributed by atoms with Crippen LogP contribution in [0.1, 0.15) is 28.8 Å². The summed E-state index contributed by atoms with van der Waals surface area (Å²) in [6.45, 7) is 1.80. The quantitative estimate of drug-likeness (QED) is 0.604. The molecule has 0 radical (unpaired) electrons. The normalized spacial score (nSPS) is 14.8. The highest BCUT2D eigenvalue weighted by atomic mass is 16.6. The molecular formula is C20H24N4O3. The molecule has 1 heterocycles. The lowest BCUT2D eigenvalue weighted by Gasteiger charge is -2.31. The monoisotopic (exact) mass is 368 g/mol. The standard InChI is InChI=1S/C20H24N4O3/c1-21-17-9-11-23(12-10-17)20(25)16-7-8-18(19(13-16)24(26)27)22-14-15-5-3-2-4-6-15/h2-8,13,17,21-22H,9-12,14H2,1H3. The van der Waals surface area contributed by atoms with Gasteiger partial charge in [0.1, 0.15) is 5.69 Å². The number of rotatable bonds is 6. The van der Waals surface area contributed by atoms with Crippen LogP contribution in [0.5, 0.6) is 0 Å². The molecule has 0 bridgehead atoms.